The summed E-state index contributed by atoms with van der Waals surface area (Å²) >= 11 is 9.74. The number of halogens is 5. The van der Waals surface area contributed by atoms with E-state index in [9.17, 15) is 13.2 Å². The van der Waals surface area contributed by atoms with E-state index in [1.165, 1.54) is 12.1 Å². The number of hydrogen-bond donors (Lipinski definition) is 1. The Balaban J connectivity index is 2.16. The SMILES string of the molecule is OCc1sc(Oc2ccc(OC(F)(F)F)c(Br)c2)nc1Cl. The van der Waals surface area contributed by atoms with Crippen LogP contribution in [-0.2, 0) is 6.61 Å². The molecule has 21 heavy (non-hydrogen) atoms. The molecule has 1 aromatic heterocycles. The third kappa shape index (κ3) is 4.47. The molecular weight excluding hydrogens is 399 g/mol. The Bertz CT molecular complexity index is 650. The van der Waals surface area contributed by atoms with Crippen molar-refractivity contribution in [2.24, 2.45) is 0 Å². The van der Waals surface area contributed by atoms with Crippen LogP contribution in [0.4, 0.5) is 13.2 Å². The van der Waals surface area contributed by atoms with Gasteiger partial charge >= 0.3 is 6.36 Å². The van der Waals surface area contributed by atoms with Gasteiger partial charge in [-0.2, -0.15) is 4.98 Å². The van der Waals surface area contributed by atoms with E-state index in [4.69, 9.17) is 21.4 Å². The van der Waals surface area contributed by atoms with Crippen LogP contribution >= 0.6 is 38.9 Å². The smallest absolute Gasteiger partial charge is 0.431 e. The van der Waals surface area contributed by atoms with Gasteiger partial charge < -0.3 is 14.6 Å². The molecule has 114 valence electrons. The lowest BCUT2D eigenvalue weighted by molar-refractivity contribution is -0.274. The zero-order chi connectivity index (χ0) is 15.6. The first-order chi connectivity index (χ1) is 9.78. The molecule has 0 aliphatic carbocycles. The number of rotatable bonds is 4. The summed E-state index contributed by atoms with van der Waals surface area (Å²) in [5.41, 5.74) is 0. The maximum absolute atomic E-state index is 12.1. The van der Waals surface area contributed by atoms with Crippen LogP contribution in [0.1, 0.15) is 4.88 Å². The van der Waals surface area contributed by atoms with Crippen molar-refractivity contribution >= 4 is 38.9 Å². The van der Waals surface area contributed by atoms with E-state index in [1.807, 2.05) is 0 Å². The predicted molar refractivity (Wildman–Crippen MR) is 73.9 cm³/mol. The highest BCUT2D eigenvalue weighted by atomic mass is 79.9. The average Bonchev–Trinajstić information content (AvgIpc) is 2.71. The second-order valence-corrected chi connectivity index (χ2v) is 5.85. The van der Waals surface area contributed by atoms with Gasteiger partial charge in [-0.3, -0.25) is 0 Å². The quantitative estimate of drug-likeness (QED) is 0.799. The largest absolute Gasteiger partial charge is 0.573 e. The van der Waals surface area contributed by atoms with Crippen LogP contribution in [0.3, 0.4) is 0 Å². The fraction of sp³-hybridized carbons (Fsp3) is 0.182. The van der Waals surface area contributed by atoms with Crippen LogP contribution in [0.2, 0.25) is 5.15 Å². The summed E-state index contributed by atoms with van der Waals surface area (Å²) in [5, 5.41) is 9.27. The second kappa shape index (κ2) is 6.39. The molecule has 0 atom stereocenters. The lowest BCUT2D eigenvalue weighted by Crippen LogP contribution is -2.17. The van der Waals surface area contributed by atoms with Crippen LogP contribution in [0.15, 0.2) is 22.7 Å². The zero-order valence-corrected chi connectivity index (χ0v) is 13.1. The Labute approximate surface area is 134 Å². The van der Waals surface area contributed by atoms with Gasteiger partial charge in [-0.15, -0.1) is 13.2 Å². The monoisotopic (exact) mass is 403 g/mol. The van der Waals surface area contributed by atoms with Gasteiger partial charge in [0.05, 0.1) is 16.0 Å². The number of thiazole rings is 1. The molecule has 4 nitrogen and oxygen atoms in total. The minimum Gasteiger partial charge on any atom is -0.431 e. The Kier molecular flexibility index (Phi) is 4.97. The minimum atomic E-state index is -4.77. The first-order valence-electron chi connectivity index (χ1n) is 5.27. The Hall–Kier alpha value is -1.03. The maximum atomic E-state index is 12.1. The predicted octanol–water partition coefficient (Wildman–Crippen LogP) is 4.74. The van der Waals surface area contributed by atoms with Crippen LogP contribution in [0.25, 0.3) is 0 Å². The number of hydrogen-bond acceptors (Lipinski definition) is 5. The zero-order valence-electron chi connectivity index (χ0n) is 9.95. The van der Waals surface area contributed by atoms with Crippen molar-refractivity contribution in [1.82, 2.24) is 4.98 Å². The van der Waals surface area contributed by atoms with Crippen molar-refractivity contribution in [3.63, 3.8) is 0 Å². The van der Waals surface area contributed by atoms with Crippen molar-refractivity contribution in [2.45, 2.75) is 13.0 Å². The van der Waals surface area contributed by atoms with E-state index >= 15 is 0 Å². The second-order valence-electron chi connectivity index (χ2n) is 3.59. The fourth-order valence-electron chi connectivity index (χ4n) is 1.31. The normalized spacial score (nSPS) is 11.5. The number of benzene rings is 1. The highest BCUT2D eigenvalue weighted by molar-refractivity contribution is 9.10. The van der Waals surface area contributed by atoms with Crippen LogP contribution in [0, 0.1) is 0 Å². The standard InChI is InChI=1S/C11H6BrClF3NO3S/c12-6-3-5(1-2-7(6)20-11(14,15)16)19-10-17-9(13)8(4-18)21-10/h1-3,18H,4H2. The van der Waals surface area contributed by atoms with Crippen molar-refractivity contribution in [3.8, 4) is 16.7 Å². The van der Waals surface area contributed by atoms with Crippen molar-refractivity contribution in [3.05, 3.63) is 32.7 Å². The van der Waals surface area contributed by atoms with E-state index in [0.717, 1.165) is 17.4 Å². The lowest BCUT2D eigenvalue weighted by Gasteiger charge is -2.11. The maximum Gasteiger partial charge on any atom is 0.573 e. The van der Waals surface area contributed by atoms with Crippen LogP contribution < -0.4 is 9.47 Å². The van der Waals surface area contributed by atoms with Gasteiger partial charge in [-0.25, -0.2) is 0 Å². The number of ether oxygens (including phenoxy) is 2. The molecule has 2 rings (SSSR count). The van der Waals surface area contributed by atoms with Gasteiger partial charge in [0.15, 0.2) is 0 Å². The summed E-state index contributed by atoms with van der Waals surface area (Å²) in [5.74, 6) is -0.144. The molecule has 0 amide bonds. The summed E-state index contributed by atoms with van der Waals surface area (Å²) in [6.45, 7) is -0.276. The molecule has 0 unspecified atom stereocenters. The van der Waals surface area contributed by atoms with Gasteiger partial charge in [0.2, 0.25) is 0 Å². The Morgan fingerprint density at radius 1 is 1.38 bits per heavy atom. The van der Waals surface area contributed by atoms with E-state index in [2.05, 4.69) is 25.7 Å². The number of alkyl halides is 3. The van der Waals surface area contributed by atoms with E-state index in [0.29, 0.717) is 4.88 Å². The molecular formula is C11H6BrClF3NO3S. The van der Waals surface area contributed by atoms with Gasteiger partial charge in [-0.1, -0.05) is 22.9 Å². The van der Waals surface area contributed by atoms with Crippen molar-refractivity contribution < 1.29 is 27.8 Å². The number of aromatic nitrogens is 1. The first-order valence-corrected chi connectivity index (χ1v) is 7.26. The summed E-state index contributed by atoms with van der Waals surface area (Å²) in [4.78, 5) is 4.30. The molecule has 0 saturated heterocycles. The highest BCUT2D eigenvalue weighted by Crippen LogP contribution is 2.36. The molecule has 2 aromatic rings. The third-order valence-corrected chi connectivity index (χ3v) is 4.07. The summed E-state index contributed by atoms with van der Waals surface area (Å²) < 4.78 is 45.6. The van der Waals surface area contributed by atoms with Gasteiger partial charge in [0.1, 0.15) is 16.7 Å². The van der Waals surface area contributed by atoms with Crippen molar-refractivity contribution in [1.29, 1.82) is 0 Å². The Morgan fingerprint density at radius 3 is 2.62 bits per heavy atom. The van der Waals surface area contributed by atoms with E-state index in [-0.39, 0.29) is 32.9 Å². The highest BCUT2D eigenvalue weighted by Gasteiger charge is 2.32. The Morgan fingerprint density at radius 2 is 2.10 bits per heavy atom. The topological polar surface area (TPSA) is 51.6 Å². The molecule has 0 saturated carbocycles. The van der Waals surface area contributed by atoms with Crippen LogP contribution in [-0.4, -0.2) is 16.5 Å². The van der Waals surface area contributed by atoms with Crippen molar-refractivity contribution in [2.75, 3.05) is 0 Å². The molecule has 0 aliphatic rings. The molecule has 10 heteroatoms. The summed E-state index contributed by atoms with van der Waals surface area (Å²) in [6, 6.07) is 3.70. The molecule has 0 fully saturated rings. The molecule has 1 N–H and O–H groups in total. The molecule has 0 radical (unpaired) electrons. The third-order valence-electron chi connectivity index (χ3n) is 2.11. The lowest BCUT2D eigenvalue weighted by atomic mass is 10.3. The molecule has 0 spiro atoms. The van der Waals surface area contributed by atoms with E-state index in [1.54, 1.807) is 0 Å². The summed E-state index contributed by atoms with van der Waals surface area (Å²) in [6.07, 6.45) is -4.77. The van der Waals surface area contributed by atoms with Crippen LogP contribution in [0.5, 0.6) is 16.7 Å². The van der Waals surface area contributed by atoms with Gasteiger partial charge in [0, 0.05) is 0 Å². The van der Waals surface area contributed by atoms with Gasteiger partial charge in [0.25, 0.3) is 5.19 Å². The molecule has 0 bridgehead atoms. The number of aliphatic hydroxyl groups excluding tert-OH is 1. The first kappa shape index (κ1) is 16.3. The minimum absolute atomic E-state index is 0.0716. The van der Waals surface area contributed by atoms with Gasteiger partial charge in [-0.05, 0) is 34.1 Å². The molecule has 0 aliphatic heterocycles. The molecule has 1 aromatic carbocycles. The fourth-order valence-corrected chi connectivity index (χ4v) is 2.73. The van der Waals surface area contributed by atoms with E-state index < -0.39 is 6.36 Å². The summed E-state index contributed by atoms with van der Waals surface area (Å²) in [7, 11) is 0. The molecule has 1 heterocycles. The number of aliphatic hydroxyl groups is 1. The number of nitrogens with zero attached hydrogens (tertiary/aromatic N) is 1. The average molecular weight is 405 g/mol.